The van der Waals surface area contributed by atoms with Crippen molar-refractivity contribution < 1.29 is 53.3 Å². The molecule has 4 aromatic rings. The quantitative estimate of drug-likeness (QED) is 0.176. The van der Waals surface area contributed by atoms with Gasteiger partial charge in [0, 0.05) is 35.8 Å². The van der Waals surface area contributed by atoms with Crippen LogP contribution in [0, 0.1) is 0 Å². The summed E-state index contributed by atoms with van der Waals surface area (Å²) >= 11 is 0. The van der Waals surface area contributed by atoms with Gasteiger partial charge in [0.05, 0.1) is 33.0 Å². The summed E-state index contributed by atoms with van der Waals surface area (Å²) in [7, 11) is 2.88. The molecule has 6 rings (SSSR count). The Hall–Kier alpha value is -4.66. The van der Waals surface area contributed by atoms with E-state index in [4.69, 9.17) is 27.8 Å². The van der Waals surface area contributed by atoms with Crippen molar-refractivity contribution in [2.24, 2.45) is 0 Å². The Morgan fingerprint density at radius 1 is 0.638 bits per heavy atom. The predicted octanol–water partition coefficient (Wildman–Crippen LogP) is 1.94. The van der Waals surface area contributed by atoms with Gasteiger partial charge in [0.25, 0.3) is 0 Å². The Labute approximate surface area is 267 Å². The van der Waals surface area contributed by atoms with E-state index in [-0.39, 0.29) is 11.5 Å². The maximum Gasteiger partial charge on any atom is 0.339 e. The highest BCUT2D eigenvalue weighted by molar-refractivity contribution is 5.47. The molecule has 2 aromatic heterocycles. The van der Waals surface area contributed by atoms with Crippen molar-refractivity contribution in [2.45, 2.75) is 54.4 Å². The number of rotatable bonds is 9. The first-order chi connectivity index (χ1) is 22.6. The van der Waals surface area contributed by atoms with Crippen LogP contribution in [0.3, 0.4) is 0 Å². The number of hydrogen-bond donors (Lipinski definition) is 5. The topological polar surface area (TPSA) is 198 Å². The molecule has 0 unspecified atom stereocenters. The smallest absolute Gasteiger partial charge is 0.339 e. The molecular formula is C34H34O13. The average Bonchev–Trinajstić information content (AvgIpc) is 3.05. The minimum atomic E-state index is -1.60. The van der Waals surface area contributed by atoms with Crippen LogP contribution in [0.4, 0.5) is 0 Å². The molecule has 1 aliphatic carbocycles. The van der Waals surface area contributed by atoms with Gasteiger partial charge in [0.1, 0.15) is 58.9 Å². The van der Waals surface area contributed by atoms with Crippen LogP contribution in [0.1, 0.15) is 46.3 Å². The van der Waals surface area contributed by atoms with Gasteiger partial charge in [-0.05, 0) is 35.4 Å². The lowest BCUT2D eigenvalue weighted by Crippen LogP contribution is -2.60. The fourth-order valence-electron chi connectivity index (χ4n) is 6.56. The zero-order chi connectivity index (χ0) is 33.4. The van der Waals surface area contributed by atoms with Gasteiger partial charge >= 0.3 is 11.3 Å². The van der Waals surface area contributed by atoms with Crippen molar-refractivity contribution in [1.82, 2.24) is 0 Å². The van der Waals surface area contributed by atoms with Gasteiger partial charge in [0.2, 0.25) is 6.29 Å². The summed E-state index contributed by atoms with van der Waals surface area (Å²) in [6, 6.07) is 19.1. The summed E-state index contributed by atoms with van der Waals surface area (Å²) in [4.78, 5) is 25.2. The SMILES string of the molecule is COc1cc([C@H]2C(c3ccc(O)cc3)[C@H](c3cc(OC)cc(=O)o3)C2c2ccc(O[C@@H]3O[C@H](CO)[C@@H](O)[C@H](O)[C@H]3O)cc2)oc(=O)c1. The lowest BCUT2D eigenvalue weighted by molar-refractivity contribution is -0.277. The van der Waals surface area contributed by atoms with Crippen LogP contribution in [0.2, 0.25) is 0 Å². The maximum absolute atomic E-state index is 12.6. The standard InChI is InChI=1S/C34H34O13/c1-42-20-11-22(45-25(37)13-20)29-27(16-3-7-18(36)8-4-16)30(23-12-21(43-2)14-26(38)46-23)28(29)17-5-9-19(10-6-17)44-34-33(41)32(40)31(39)24(15-35)47-34/h3-14,24,27-36,39-41H,15H2,1-2H3/t24-,27?,28?,29+,30+,31-,32+,33-,34-/m1/s1. The van der Waals surface area contributed by atoms with E-state index in [9.17, 15) is 35.1 Å². The average molecular weight is 651 g/mol. The Bertz CT molecular complexity index is 1730. The first-order valence-electron chi connectivity index (χ1n) is 14.9. The Morgan fingerprint density at radius 3 is 1.60 bits per heavy atom. The molecule has 0 spiro atoms. The van der Waals surface area contributed by atoms with Gasteiger partial charge < -0.3 is 53.3 Å². The first kappa shape index (κ1) is 32.3. The molecule has 3 heterocycles. The monoisotopic (exact) mass is 650 g/mol. The molecule has 2 fully saturated rings. The zero-order valence-electron chi connectivity index (χ0n) is 25.3. The summed E-state index contributed by atoms with van der Waals surface area (Å²) in [5.74, 6) is -0.229. The van der Waals surface area contributed by atoms with Gasteiger partial charge in [-0.2, -0.15) is 0 Å². The molecule has 13 heteroatoms. The molecule has 2 aliphatic rings. The minimum absolute atomic E-state index is 0.0635. The van der Waals surface area contributed by atoms with Crippen LogP contribution in [-0.2, 0) is 4.74 Å². The lowest BCUT2D eigenvalue weighted by atomic mass is 9.51. The second kappa shape index (κ2) is 13.2. The number of ether oxygens (including phenoxy) is 4. The second-order valence-electron chi connectivity index (χ2n) is 11.5. The number of aliphatic hydroxyl groups is 4. The normalized spacial score (nSPS) is 28.7. The highest BCUT2D eigenvalue weighted by Crippen LogP contribution is 2.66. The second-order valence-corrected chi connectivity index (χ2v) is 11.5. The summed E-state index contributed by atoms with van der Waals surface area (Å²) in [5, 5.41) is 50.2. The number of phenolic OH excluding ortho intramolecular Hbond substituents is 1. The third-order valence-electron chi connectivity index (χ3n) is 8.85. The Morgan fingerprint density at radius 2 is 1.13 bits per heavy atom. The summed E-state index contributed by atoms with van der Waals surface area (Å²) < 4.78 is 33.5. The summed E-state index contributed by atoms with van der Waals surface area (Å²) in [6.07, 6.45) is -7.24. The van der Waals surface area contributed by atoms with Gasteiger partial charge in [-0.25, -0.2) is 9.59 Å². The van der Waals surface area contributed by atoms with Crippen LogP contribution in [0.5, 0.6) is 23.0 Å². The van der Waals surface area contributed by atoms with Crippen LogP contribution in [0.15, 0.2) is 91.2 Å². The van der Waals surface area contributed by atoms with E-state index in [0.717, 1.165) is 11.1 Å². The third kappa shape index (κ3) is 6.23. The molecule has 0 amide bonds. The van der Waals surface area contributed by atoms with Crippen molar-refractivity contribution in [3.63, 3.8) is 0 Å². The Balaban J connectivity index is 1.43. The number of hydrogen-bond acceptors (Lipinski definition) is 13. The molecule has 0 bridgehead atoms. The molecule has 1 saturated heterocycles. The summed E-state index contributed by atoms with van der Waals surface area (Å²) in [6.45, 7) is -0.600. The number of phenols is 1. The molecule has 0 radical (unpaired) electrons. The van der Waals surface area contributed by atoms with Crippen LogP contribution in [0.25, 0.3) is 0 Å². The van der Waals surface area contributed by atoms with E-state index in [1.54, 1.807) is 60.7 Å². The Kier molecular flexibility index (Phi) is 9.08. The van der Waals surface area contributed by atoms with E-state index in [0.29, 0.717) is 23.0 Å². The van der Waals surface area contributed by atoms with Gasteiger partial charge in [-0.1, -0.05) is 24.3 Å². The van der Waals surface area contributed by atoms with Crippen molar-refractivity contribution in [3.8, 4) is 23.0 Å². The number of aliphatic hydroxyl groups excluding tert-OH is 4. The number of methoxy groups -OCH3 is 2. The van der Waals surface area contributed by atoms with Crippen LogP contribution in [-0.4, -0.2) is 77.1 Å². The number of benzene rings is 2. The fourth-order valence-corrected chi connectivity index (χ4v) is 6.56. The first-order valence-corrected chi connectivity index (χ1v) is 14.9. The summed E-state index contributed by atoms with van der Waals surface area (Å²) in [5.41, 5.74) is 0.309. The van der Waals surface area contributed by atoms with Gasteiger partial charge in [-0.3, -0.25) is 0 Å². The molecule has 1 aliphatic heterocycles. The third-order valence-corrected chi connectivity index (χ3v) is 8.85. The van der Waals surface area contributed by atoms with E-state index in [1.165, 1.54) is 26.4 Å². The molecule has 1 saturated carbocycles. The molecule has 13 nitrogen and oxygen atoms in total. The van der Waals surface area contributed by atoms with E-state index in [1.807, 2.05) is 0 Å². The molecule has 7 atom stereocenters. The van der Waals surface area contributed by atoms with E-state index in [2.05, 4.69) is 0 Å². The number of aromatic hydroxyl groups is 1. The maximum atomic E-state index is 12.6. The van der Waals surface area contributed by atoms with Gasteiger partial charge in [-0.15, -0.1) is 0 Å². The van der Waals surface area contributed by atoms with Crippen molar-refractivity contribution in [2.75, 3.05) is 20.8 Å². The fraction of sp³-hybridized carbons (Fsp3) is 0.353. The zero-order valence-corrected chi connectivity index (χ0v) is 25.3. The lowest BCUT2D eigenvalue weighted by Gasteiger charge is -2.51. The predicted molar refractivity (Wildman–Crippen MR) is 163 cm³/mol. The molecule has 2 aromatic carbocycles. The molecular weight excluding hydrogens is 616 g/mol. The van der Waals surface area contributed by atoms with Gasteiger partial charge in [0.15, 0.2) is 0 Å². The molecule has 248 valence electrons. The van der Waals surface area contributed by atoms with E-state index < -0.39 is 72.2 Å². The largest absolute Gasteiger partial charge is 0.508 e. The molecule has 47 heavy (non-hydrogen) atoms. The highest BCUT2D eigenvalue weighted by atomic mass is 16.7. The van der Waals surface area contributed by atoms with Crippen LogP contribution < -0.4 is 25.5 Å². The molecule has 5 N–H and O–H groups in total. The van der Waals surface area contributed by atoms with Crippen molar-refractivity contribution in [1.29, 1.82) is 0 Å². The van der Waals surface area contributed by atoms with Crippen LogP contribution >= 0.6 is 0 Å². The van der Waals surface area contributed by atoms with Crippen molar-refractivity contribution >= 4 is 0 Å². The van der Waals surface area contributed by atoms with Crippen molar-refractivity contribution in [3.05, 3.63) is 116 Å². The minimum Gasteiger partial charge on any atom is -0.508 e. The highest BCUT2D eigenvalue weighted by Gasteiger charge is 2.55. The van der Waals surface area contributed by atoms with E-state index >= 15 is 0 Å².